The first-order valence-corrected chi connectivity index (χ1v) is 8.89. The summed E-state index contributed by atoms with van der Waals surface area (Å²) in [6, 6.07) is 9.90. The second-order valence-corrected chi connectivity index (χ2v) is 7.44. The van der Waals surface area contributed by atoms with E-state index in [1.54, 1.807) is 19.1 Å². The third kappa shape index (κ3) is 3.31. The molecule has 3 aromatic rings. The van der Waals surface area contributed by atoms with Crippen LogP contribution in [-0.2, 0) is 16.6 Å². The largest absolute Gasteiger partial charge is 0.338 e. The van der Waals surface area contributed by atoms with Crippen LogP contribution in [0.25, 0.3) is 10.7 Å². The molecule has 0 aliphatic carbocycles. The van der Waals surface area contributed by atoms with Crippen molar-refractivity contribution in [3.05, 3.63) is 59.0 Å². The zero-order valence-corrected chi connectivity index (χ0v) is 13.4. The minimum atomic E-state index is -1.27. The number of aromatic nitrogens is 2. The number of benzene rings is 1. The van der Waals surface area contributed by atoms with Gasteiger partial charge in [0.05, 0.1) is 4.88 Å². The average molecular weight is 336 g/mol. The number of rotatable bonds is 5. The Balaban J connectivity index is 1.73. The van der Waals surface area contributed by atoms with E-state index in [1.165, 1.54) is 23.5 Å². The molecule has 22 heavy (non-hydrogen) atoms. The maximum Gasteiger partial charge on any atom is 0.242 e. The van der Waals surface area contributed by atoms with E-state index < -0.39 is 16.0 Å². The monoisotopic (exact) mass is 336 g/mol. The van der Waals surface area contributed by atoms with Gasteiger partial charge in [-0.3, -0.25) is 4.21 Å². The second kappa shape index (κ2) is 6.50. The predicted molar refractivity (Wildman–Crippen MR) is 84.3 cm³/mol. The Morgan fingerprint density at radius 2 is 2.23 bits per heavy atom. The molecule has 4 nitrogen and oxygen atoms in total. The van der Waals surface area contributed by atoms with Crippen molar-refractivity contribution in [3.8, 4) is 10.7 Å². The first-order chi connectivity index (χ1) is 10.6. The highest BCUT2D eigenvalue weighted by molar-refractivity contribution is 7.84. The minimum Gasteiger partial charge on any atom is -0.338 e. The first-order valence-electron chi connectivity index (χ1n) is 6.62. The van der Waals surface area contributed by atoms with Crippen molar-refractivity contribution in [3.63, 3.8) is 0 Å². The summed E-state index contributed by atoms with van der Waals surface area (Å²) in [6.45, 7) is 1.77. The summed E-state index contributed by atoms with van der Waals surface area (Å²) < 4.78 is 30.8. The zero-order valence-electron chi connectivity index (χ0n) is 11.7. The van der Waals surface area contributed by atoms with E-state index in [4.69, 9.17) is 4.52 Å². The molecule has 114 valence electrons. The normalized spacial score (nSPS) is 13.9. The molecule has 3 rings (SSSR count). The molecule has 0 N–H and O–H groups in total. The van der Waals surface area contributed by atoms with Gasteiger partial charge in [-0.05, 0) is 36.1 Å². The third-order valence-electron chi connectivity index (χ3n) is 3.12. The average Bonchev–Trinajstić information content (AvgIpc) is 3.17. The zero-order chi connectivity index (χ0) is 15.5. The van der Waals surface area contributed by atoms with Gasteiger partial charge in [-0.15, -0.1) is 11.3 Å². The van der Waals surface area contributed by atoms with Crippen LogP contribution in [0, 0.1) is 5.82 Å². The molecule has 7 heteroatoms. The fourth-order valence-corrected chi connectivity index (χ4v) is 3.66. The lowest BCUT2D eigenvalue weighted by Crippen LogP contribution is -2.06. The Kier molecular flexibility index (Phi) is 4.44. The molecular weight excluding hydrogens is 323 g/mol. The topological polar surface area (TPSA) is 56.0 Å². The molecule has 0 fully saturated rings. The maximum atomic E-state index is 13.2. The van der Waals surface area contributed by atoms with Crippen molar-refractivity contribution in [2.75, 3.05) is 0 Å². The van der Waals surface area contributed by atoms with Crippen molar-refractivity contribution >= 4 is 22.1 Å². The van der Waals surface area contributed by atoms with Crippen LogP contribution in [0.3, 0.4) is 0 Å². The number of hydrogen-bond donors (Lipinski definition) is 0. The molecule has 0 radical (unpaired) electrons. The molecule has 0 spiro atoms. The molecular formula is C15H13FN2O2S2. The van der Waals surface area contributed by atoms with Crippen LogP contribution >= 0.6 is 11.3 Å². The van der Waals surface area contributed by atoms with Crippen molar-refractivity contribution in [2.45, 2.75) is 17.9 Å². The molecule has 2 unspecified atom stereocenters. The molecule has 2 atom stereocenters. The van der Waals surface area contributed by atoms with Crippen LogP contribution in [0.4, 0.5) is 4.39 Å². The Morgan fingerprint density at radius 3 is 2.95 bits per heavy atom. The van der Waals surface area contributed by atoms with Crippen molar-refractivity contribution < 1.29 is 13.1 Å². The Bertz CT molecular complexity index is 786. The van der Waals surface area contributed by atoms with Gasteiger partial charge in [0.2, 0.25) is 11.7 Å². The van der Waals surface area contributed by atoms with Crippen molar-refractivity contribution in [2.24, 2.45) is 0 Å². The predicted octanol–water partition coefficient (Wildman–Crippen LogP) is 3.95. The summed E-state index contributed by atoms with van der Waals surface area (Å²) in [5.41, 5.74) is 0.683. The highest BCUT2D eigenvalue weighted by Gasteiger charge is 2.21. The van der Waals surface area contributed by atoms with E-state index in [2.05, 4.69) is 10.1 Å². The van der Waals surface area contributed by atoms with E-state index in [9.17, 15) is 8.60 Å². The SMILES string of the molecule is CC(c1nc(-c2cccs2)no1)S(=O)Cc1cccc(F)c1. The van der Waals surface area contributed by atoms with Crippen molar-refractivity contribution in [1.82, 2.24) is 10.1 Å². The quantitative estimate of drug-likeness (QED) is 0.708. The third-order valence-corrected chi connectivity index (χ3v) is 5.60. The van der Waals surface area contributed by atoms with Crippen LogP contribution in [-0.4, -0.2) is 14.3 Å². The number of halogens is 1. The standard InChI is InChI=1S/C15H13FN2O2S2/c1-10(22(19)9-11-4-2-5-12(16)8-11)15-17-14(18-20-15)13-6-3-7-21-13/h2-8,10H,9H2,1H3. The molecule has 2 heterocycles. The van der Waals surface area contributed by atoms with Crippen LogP contribution in [0.15, 0.2) is 46.3 Å². The number of thiophene rings is 1. The van der Waals surface area contributed by atoms with Crippen LogP contribution in [0.5, 0.6) is 0 Å². The van der Waals surface area contributed by atoms with Crippen LogP contribution < -0.4 is 0 Å². The first kappa shape index (κ1) is 15.1. The second-order valence-electron chi connectivity index (χ2n) is 4.73. The molecule has 0 aliphatic rings. The van der Waals surface area contributed by atoms with Crippen LogP contribution in [0.1, 0.15) is 23.6 Å². The van der Waals surface area contributed by atoms with Crippen molar-refractivity contribution in [1.29, 1.82) is 0 Å². The summed E-state index contributed by atoms with van der Waals surface area (Å²) in [7, 11) is -1.27. The smallest absolute Gasteiger partial charge is 0.242 e. The summed E-state index contributed by atoms with van der Waals surface area (Å²) >= 11 is 1.51. The van der Waals surface area contributed by atoms with Crippen LogP contribution in [0.2, 0.25) is 0 Å². The molecule has 0 saturated heterocycles. The van der Waals surface area contributed by atoms with Gasteiger partial charge in [-0.25, -0.2) is 4.39 Å². The highest BCUT2D eigenvalue weighted by atomic mass is 32.2. The molecule has 2 aromatic heterocycles. The van der Waals surface area contributed by atoms with Gasteiger partial charge in [0.25, 0.3) is 0 Å². The lowest BCUT2D eigenvalue weighted by atomic mass is 10.2. The van der Waals surface area contributed by atoms with E-state index in [0.717, 1.165) is 4.88 Å². The minimum absolute atomic E-state index is 0.246. The summed E-state index contributed by atoms with van der Waals surface area (Å²) in [6.07, 6.45) is 0. The van der Waals surface area contributed by atoms with Gasteiger partial charge >= 0.3 is 0 Å². The van der Waals surface area contributed by atoms with Gasteiger partial charge in [0, 0.05) is 16.6 Å². The molecule has 0 amide bonds. The Morgan fingerprint density at radius 1 is 1.36 bits per heavy atom. The fraction of sp³-hybridized carbons (Fsp3) is 0.200. The molecule has 0 bridgehead atoms. The summed E-state index contributed by atoms with van der Waals surface area (Å²) in [5.74, 6) is 0.744. The van der Waals surface area contributed by atoms with E-state index in [0.29, 0.717) is 17.3 Å². The van der Waals surface area contributed by atoms with Gasteiger partial charge in [0.1, 0.15) is 11.1 Å². The molecule has 0 saturated carbocycles. The molecule has 0 aliphatic heterocycles. The van der Waals surface area contributed by atoms with E-state index >= 15 is 0 Å². The molecule has 1 aromatic carbocycles. The summed E-state index contributed by atoms with van der Waals surface area (Å²) in [5, 5.41) is 5.43. The van der Waals surface area contributed by atoms with E-state index in [-0.39, 0.29) is 11.6 Å². The number of nitrogens with zero attached hydrogens (tertiary/aromatic N) is 2. The van der Waals surface area contributed by atoms with E-state index in [1.807, 2.05) is 17.5 Å². The van der Waals surface area contributed by atoms with Gasteiger partial charge < -0.3 is 4.52 Å². The van der Waals surface area contributed by atoms with Gasteiger partial charge in [-0.1, -0.05) is 23.4 Å². The maximum absolute atomic E-state index is 13.2. The van der Waals surface area contributed by atoms with Gasteiger partial charge in [0.15, 0.2) is 0 Å². The number of hydrogen-bond acceptors (Lipinski definition) is 5. The lowest BCUT2D eigenvalue weighted by Gasteiger charge is -2.07. The Labute approximate surface area is 133 Å². The highest BCUT2D eigenvalue weighted by Crippen LogP contribution is 2.26. The summed E-state index contributed by atoms with van der Waals surface area (Å²) in [4.78, 5) is 5.20. The lowest BCUT2D eigenvalue weighted by molar-refractivity contribution is 0.379. The van der Waals surface area contributed by atoms with Gasteiger partial charge in [-0.2, -0.15) is 4.98 Å². The fourth-order valence-electron chi connectivity index (χ4n) is 1.93. The Hall–Kier alpha value is -1.86.